The number of amides is 1. The first kappa shape index (κ1) is 23.8. The number of amidine groups is 1. The van der Waals surface area contributed by atoms with Gasteiger partial charge in [-0.25, -0.2) is 0 Å². The molecule has 1 aromatic carbocycles. The first-order chi connectivity index (χ1) is 16.5. The van der Waals surface area contributed by atoms with Crippen molar-refractivity contribution in [2.75, 3.05) is 13.7 Å². The summed E-state index contributed by atoms with van der Waals surface area (Å²) in [6.07, 6.45) is 5.08. The Hall–Kier alpha value is -3.30. The molecule has 0 saturated carbocycles. The van der Waals surface area contributed by atoms with Gasteiger partial charge in [-0.3, -0.25) is 9.69 Å². The van der Waals surface area contributed by atoms with Gasteiger partial charge in [-0.2, -0.15) is 5.10 Å². The number of benzene rings is 1. The summed E-state index contributed by atoms with van der Waals surface area (Å²) in [4.78, 5) is 16.3. The third-order valence-corrected chi connectivity index (χ3v) is 6.52. The molecule has 34 heavy (non-hydrogen) atoms. The van der Waals surface area contributed by atoms with Crippen molar-refractivity contribution < 1.29 is 18.7 Å². The Morgan fingerprint density at radius 2 is 2.06 bits per heavy atom. The van der Waals surface area contributed by atoms with E-state index < -0.39 is 0 Å². The molecule has 1 fully saturated rings. The van der Waals surface area contributed by atoms with E-state index in [9.17, 15) is 4.79 Å². The zero-order chi connectivity index (χ0) is 23.9. The summed E-state index contributed by atoms with van der Waals surface area (Å²) in [6, 6.07) is 13.1. The number of ether oxygens (including phenoxy) is 2. The molecule has 1 amide bonds. The number of rotatable bonds is 9. The van der Waals surface area contributed by atoms with E-state index in [1.165, 1.54) is 11.8 Å². The maximum atomic E-state index is 13.2. The summed E-state index contributed by atoms with van der Waals surface area (Å²) < 4.78 is 16.8. The zero-order valence-electron chi connectivity index (χ0n) is 19.1. The lowest BCUT2D eigenvalue weighted by Gasteiger charge is -2.13. The average Bonchev–Trinajstić information content (AvgIpc) is 3.58. The highest BCUT2D eigenvalue weighted by Gasteiger charge is 2.34. The largest absolute Gasteiger partial charge is 0.493 e. The van der Waals surface area contributed by atoms with E-state index >= 15 is 0 Å². The van der Waals surface area contributed by atoms with E-state index in [0.717, 1.165) is 10.4 Å². The Bertz CT molecular complexity index is 1200. The molecule has 2 aromatic heterocycles. The Morgan fingerprint density at radius 3 is 2.76 bits per heavy atom. The monoisotopic (exact) mass is 495 g/mol. The van der Waals surface area contributed by atoms with Crippen LogP contribution in [0.3, 0.4) is 0 Å². The lowest BCUT2D eigenvalue weighted by atomic mass is 10.1. The van der Waals surface area contributed by atoms with Crippen LogP contribution < -0.4 is 9.47 Å². The number of thiophene rings is 1. The van der Waals surface area contributed by atoms with Gasteiger partial charge in [0.25, 0.3) is 5.91 Å². The van der Waals surface area contributed by atoms with Gasteiger partial charge >= 0.3 is 0 Å². The molecule has 0 N–H and O–H groups in total. The maximum Gasteiger partial charge on any atom is 0.267 e. The Labute approximate surface area is 206 Å². The highest BCUT2D eigenvalue weighted by atomic mass is 32.2. The summed E-state index contributed by atoms with van der Waals surface area (Å²) in [5.74, 6) is 2.20. The van der Waals surface area contributed by atoms with Crippen molar-refractivity contribution in [3.05, 3.63) is 75.2 Å². The Kier molecular flexibility index (Phi) is 7.87. The molecule has 1 aliphatic heterocycles. The third kappa shape index (κ3) is 5.98. The third-order valence-electron chi connectivity index (χ3n) is 4.71. The number of furan rings is 1. The first-order valence-electron chi connectivity index (χ1n) is 10.7. The van der Waals surface area contributed by atoms with E-state index in [1.54, 1.807) is 41.9 Å². The fourth-order valence-corrected chi connectivity index (χ4v) is 4.60. The molecular formula is C25H25N3O4S2. The summed E-state index contributed by atoms with van der Waals surface area (Å²) in [6.45, 7) is 5.05. The van der Waals surface area contributed by atoms with Crippen molar-refractivity contribution in [1.29, 1.82) is 0 Å². The van der Waals surface area contributed by atoms with Crippen LogP contribution in [0.25, 0.3) is 6.08 Å². The van der Waals surface area contributed by atoms with Crippen LogP contribution in [-0.2, 0) is 11.3 Å². The highest BCUT2D eigenvalue weighted by molar-refractivity contribution is 8.18. The molecule has 176 valence electrons. The second-order valence-electron chi connectivity index (χ2n) is 7.84. The molecule has 0 aliphatic carbocycles. The minimum atomic E-state index is -0.162. The summed E-state index contributed by atoms with van der Waals surface area (Å²) in [5, 5.41) is 11.0. The van der Waals surface area contributed by atoms with Gasteiger partial charge in [-0.05, 0) is 65.0 Å². The Morgan fingerprint density at radius 1 is 1.18 bits per heavy atom. The predicted molar refractivity (Wildman–Crippen MR) is 138 cm³/mol. The molecule has 3 heterocycles. The van der Waals surface area contributed by atoms with Crippen LogP contribution in [0, 0.1) is 5.92 Å². The van der Waals surface area contributed by atoms with Gasteiger partial charge in [-0.15, -0.1) is 16.4 Å². The van der Waals surface area contributed by atoms with E-state index in [4.69, 9.17) is 13.9 Å². The molecular weight excluding hydrogens is 470 g/mol. The number of carbonyl (C=O) groups is 1. The van der Waals surface area contributed by atoms with Gasteiger partial charge in [-0.1, -0.05) is 26.0 Å². The first-order valence-corrected chi connectivity index (χ1v) is 12.4. The molecule has 3 aromatic rings. The van der Waals surface area contributed by atoms with Crippen molar-refractivity contribution in [2.45, 2.75) is 20.4 Å². The lowest BCUT2D eigenvalue weighted by molar-refractivity contribution is -0.122. The number of hydrogen-bond donors (Lipinski definition) is 0. The van der Waals surface area contributed by atoms with Gasteiger partial charge in [0.05, 0.1) is 37.6 Å². The minimum Gasteiger partial charge on any atom is -0.493 e. The summed E-state index contributed by atoms with van der Waals surface area (Å²) in [5.41, 5.74) is 0.825. The number of carbonyl (C=O) groups excluding carboxylic acids is 1. The second-order valence-corrected chi connectivity index (χ2v) is 9.83. The molecule has 0 bridgehead atoms. The Balaban J connectivity index is 1.59. The smallest absolute Gasteiger partial charge is 0.267 e. The van der Waals surface area contributed by atoms with Crippen LogP contribution in [-0.4, -0.2) is 35.9 Å². The van der Waals surface area contributed by atoms with Crippen LogP contribution >= 0.6 is 23.1 Å². The molecule has 0 spiro atoms. The number of methoxy groups -OCH3 is 1. The van der Waals surface area contributed by atoms with Gasteiger partial charge in [0, 0.05) is 4.88 Å². The molecule has 9 heteroatoms. The van der Waals surface area contributed by atoms with Crippen LogP contribution in [0.4, 0.5) is 0 Å². The van der Waals surface area contributed by atoms with E-state index in [1.807, 2.05) is 47.9 Å². The SMILES string of the molecule is COc1cc(/C=C2\S/C(=N\N=C\c3cccs3)N(Cc3ccco3)C2=O)ccc1OCC(C)C. The van der Waals surface area contributed by atoms with Crippen LogP contribution in [0.2, 0.25) is 0 Å². The summed E-state index contributed by atoms with van der Waals surface area (Å²) >= 11 is 2.84. The molecule has 0 unspecified atom stereocenters. The van der Waals surface area contributed by atoms with Gasteiger partial charge in [0.2, 0.25) is 0 Å². The standard InChI is InChI=1S/C25H25N3O4S2/c1-17(2)16-32-21-9-8-18(12-22(21)30-3)13-23-24(29)28(15-19-6-4-10-31-19)25(34-23)27-26-14-20-7-5-11-33-20/h4-14,17H,15-16H2,1-3H3/b23-13-,26-14+,27-25-. The summed E-state index contributed by atoms with van der Waals surface area (Å²) in [7, 11) is 1.60. The average molecular weight is 496 g/mol. The van der Waals surface area contributed by atoms with Gasteiger partial charge in [0.15, 0.2) is 16.7 Å². The van der Waals surface area contributed by atoms with Gasteiger partial charge in [0.1, 0.15) is 5.76 Å². The number of nitrogens with zero attached hydrogens (tertiary/aromatic N) is 3. The van der Waals surface area contributed by atoms with Crippen molar-refractivity contribution in [3.63, 3.8) is 0 Å². The van der Waals surface area contributed by atoms with Crippen molar-refractivity contribution in [2.24, 2.45) is 16.1 Å². The van der Waals surface area contributed by atoms with Crippen molar-refractivity contribution in [3.8, 4) is 11.5 Å². The molecule has 1 aliphatic rings. The number of thioether (sulfide) groups is 1. The lowest BCUT2D eigenvalue weighted by Crippen LogP contribution is -2.28. The zero-order valence-corrected chi connectivity index (χ0v) is 20.8. The molecule has 1 saturated heterocycles. The minimum absolute atomic E-state index is 0.162. The molecule has 0 radical (unpaired) electrons. The van der Waals surface area contributed by atoms with E-state index in [-0.39, 0.29) is 12.5 Å². The fourth-order valence-electron chi connectivity index (χ4n) is 3.08. The van der Waals surface area contributed by atoms with Crippen molar-refractivity contribution >= 4 is 46.5 Å². The second kappa shape index (κ2) is 11.2. The van der Waals surface area contributed by atoms with Gasteiger partial charge < -0.3 is 13.9 Å². The van der Waals surface area contributed by atoms with E-state index in [2.05, 4.69) is 24.1 Å². The molecule has 7 nitrogen and oxygen atoms in total. The predicted octanol–water partition coefficient (Wildman–Crippen LogP) is 5.89. The van der Waals surface area contributed by atoms with Crippen molar-refractivity contribution in [1.82, 2.24) is 4.90 Å². The molecule has 0 atom stereocenters. The topological polar surface area (TPSA) is 76.6 Å². The van der Waals surface area contributed by atoms with Crippen LogP contribution in [0.5, 0.6) is 11.5 Å². The molecule has 4 rings (SSSR count). The highest BCUT2D eigenvalue weighted by Crippen LogP contribution is 2.35. The van der Waals surface area contributed by atoms with Crippen LogP contribution in [0.1, 0.15) is 30.0 Å². The van der Waals surface area contributed by atoms with E-state index in [0.29, 0.717) is 39.9 Å². The number of hydrogen-bond acceptors (Lipinski definition) is 8. The van der Waals surface area contributed by atoms with Crippen LogP contribution in [0.15, 0.2) is 73.6 Å². The normalized spacial score (nSPS) is 16.5. The quantitative estimate of drug-likeness (QED) is 0.210. The maximum absolute atomic E-state index is 13.2. The fraction of sp³-hybridized carbons (Fsp3) is 0.240.